The molecule has 7 nitrogen and oxygen atoms in total. The predicted octanol–water partition coefficient (Wildman–Crippen LogP) is 4.33. The van der Waals surface area contributed by atoms with Gasteiger partial charge in [-0.1, -0.05) is 0 Å². The molecule has 1 saturated heterocycles. The lowest BCUT2D eigenvalue weighted by Crippen LogP contribution is -2.28. The molecule has 0 radical (unpaired) electrons. The summed E-state index contributed by atoms with van der Waals surface area (Å²) in [5, 5.41) is 4.73. The van der Waals surface area contributed by atoms with Gasteiger partial charge in [0.1, 0.15) is 0 Å². The smallest absolute Gasteiger partial charge is 0.277 e. The Hall–Kier alpha value is -2.94. The van der Waals surface area contributed by atoms with Crippen LogP contribution in [0.3, 0.4) is 0 Å². The molecule has 2 aliphatic rings. The van der Waals surface area contributed by atoms with Crippen LogP contribution < -0.4 is 11.1 Å². The topological polar surface area (TPSA) is 78.5 Å². The highest BCUT2D eigenvalue weighted by molar-refractivity contribution is 5.51. The van der Waals surface area contributed by atoms with Gasteiger partial charge in [-0.15, -0.1) is 0 Å². The Morgan fingerprint density at radius 3 is 2.54 bits per heavy atom. The molecular formula is C26H30F2N4O3. The zero-order valence-corrected chi connectivity index (χ0v) is 20.3. The van der Waals surface area contributed by atoms with E-state index in [1.807, 2.05) is 6.07 Å². The Bertz CT molecular complexity index is 1390. The third kappa shape index (κ3) is 4.53. The van der Waals surface area contributed by atoms with E-state index in [9.17, 15) is 18.4 Å². The molecular weight excluding hydrogens is 454 g/mol. The second-order valence-corrected chi connectivity index (χ2v) is 10.0. The summed E-state index contributed by atoms with van der Waals surface area (Å²) < 4.78 is 36.7. The zero-order chi connectivity index (χ0) is 24.9. The average Bonchev–Trinajstić information content (AvgIpc) is 2.84. The van der Waals surface area contributed by atoms with Crippen molar-refractivity contribution in [3.63, 3.8) is 0 Å². The van der Waals surface area contributed by atoms with Gasteiger partial charge in [-0.05, 0) is 63.1 Å². The second kappa shape index (κ2) is 8.93. The average molecular weight is 485 g/mol. The molecule has 0 bridgehead atoms. The van der Waals surface area contributed by atoms with Crippen molar-refractivity contribution >= 4 is 5.65 Å². The second-order valence-electron chi connectivity index (χ2n) is 10.0. The molecule has 4 heterocycles. The number of aryl methyl sites for hydroxylation is 2. The minimum absolute atomic E-state index is 0.0210. The van der Waals surface area contributed by atoms with E-state index in [0.717, 1.165) is 23.2 Å². The minimum Gasteiger partial charge on any atom is -0.373 e. The number of hydrogen-bond acceptors (Lipinski definition) is 5. The number of nitrogens with zero attached hydrogens (tertiary/aromatic N) is 4. The molecule has 9 heteroatoms. The van der Waals surface area contributed by atoms with Gasteiger partial charge < -0.3 is 9.30 Å². The lowest BCUT2D eigenvalue weighted by atomic mass is 9.81. The first-order valence-electron chi connectivity index (χ1n) is 12.2. The van der Waals surface area contributed by atoms with Gasteiger partial charge in [0.25, 0.3) is 5.56 Å². The van der Waals surface area contributed by atoms with Gasteiger partial charge in [0.15, 0.2) is 5.65 Å². The predicted molar refractivity (Wildman–Crippen MR) is 127 cm³/mol. The van der Waals surface area contributed by atoms with Crippen LogP contribution in [0.5, 0.6) is 0 Å². The number of hydrogen-bond donors (Lipinski definition) is 0. The Morgan fingerprint density at radius 2 is 1.83 bits per heavy atom. The molecule has 0 N–H and O–H groups in total. The molecule has 1 aliphatic heterocycles. The zero-order valence-electron chi connectivity index (χ0n) is 20.3. The number of halogens is 2. The van der Waals surface area contributed by atoms with E-state index < -0.39 is 5.92 Å². The highest BCUT2D eigenvalue weighted by Gasteiger charge is 2.37. The van der Waals surface area contributed by atoms with E-state index in [1.54, 1.807) is 33.2 Å². The van der Waals surface area contributed by atoms with E-state index in [1.165, 1.54) is 15.1 Å². The van der Waals surface area contributed by atoms with Crippen LogP contribution in [-0.4, -0.2) is 31.7 Å². The third-order valence-corrected chi connectivity index (χ3v) is 7.65. The summed E-state index contributed by atoms with van der Waals surface area (Å²) in [6, 6.07) is 5.31. The number of ether oxygens (including phenoxy) is 1. The summed E-state index contributed by atoms with van der Waals surface area (Å²) in [4.78, 5) is 29.6. The SMILES string of the molecule is Cc1nc2c(C3CCC(F)(F)CC3)cc([C@@H]3CCO[C@H](c4ccc(=O)n(C)c4)C3)nn2c(=O)c1C. The number of alkyl halides is 2. The summed E-state index contributed by atoms with van der Waals surface area (Å²) in [5.41, 5.74) is 3.83. The number of fused-ring (bicyclic) bond motifs is 1. The monoisotopic (exact) mass is 484 g/mol. The third-order valence-electron chi connectivity index (χ3n) is 7.65. The Morgan fingerprint density at radius 1 is 1.09 bits per heavy atom. The molecule has 186 valence electrons. The van der Waals surface area contributed by atoms with Gasteiger partial charge in [-0.2, -0.15) is 9.61 Å². The van der Waals surface area contributed by atoms with Gasteiger partial charge in [0.05, 0.1) is 11.8 Å². The van der Waals surface area contributed by atoms with Crippen LogP contribution >= 0.6 is 0 Å². The van der Waals surface area contributed by atoms with Crippen molar-refractivity contribution in [1.29, 1.82) is 0 Å². The highest BCUT2D eigenvalue weighted by atomic mass is 19.3. The molecule has 5 rings (SSSR count). The maximum atomic E-state index is 13.9. The van der Waals surface area contributed by atoms with Crippen molar-refractivity contribution in [2.45, 2.75) is 76.2 Å². The van der Waals surface area contributed by atoms with Crippen LogP contribution in [0.4, 0.5) is 8.78 Å². The molecule has 0 amide bonds. The summed E-state index contributed by atoms with van der Waals surface area (Å²) in [6.45, 7) is 4.04. The van der Waals surface area contributed by atoms with Gasteiger partial charge in [-0.25, -0.2) is 13.8 Å². The summed E-state index contributed by atoms with van der Waals surface area (Å²) in [7, 11) is 1.71. The first-order valence-corrected chi connectivity index (χ1v) is 12.2. The molecule has 0 unspecified atom stereocenters. The Balaban J connectivity index is 1.56. The molecule has 3 aromatic rings. The lowest BCUT2D eigenvalue weighted by molar-refractivity contribution is -0.0382. The lowest BCUT2D eigenvalue weighted by Gasteiger charge is -2.31. The standard InChI is InChI=1S/C26H30F2N4O3/c1-15-16(2)29-24-20(17-6-9-26(27,28)10-7-17)13-21(30-32(24)25(15)34)18-8-11-35-22(12-18)19-4-5-23(33)31(3)14-19/h4-5,13-14,17-18,22H,6-12H2,1-3H3/t18-,22+/m1/s1. The first-order chi connectivity index (χ1) is 16.6. The molecule has 3 aromatic heterocycles. The minimum atomic E-state index is -2.64. The van der Waals surface area contributed by atoms with E-state index in [4.69, 9.17) is 9.84 Å². The van der Waals surface area contributed by atoms with Crippen molar-refractivity contribution in [3.8, 4) is 0 Å². The fourth-order valence-electron chi connectivity index (χ4n) is 5.30. The van der Waals surface area contributed by atoms with Crippen molar-refractivity contribution in [2.75, 3.05) is 6.61 Å². The van der Waals surface area contributed by atoms with E-state index in [0.29, 0.717) is 42.8 Å². The summed E-state index contributed by atoms with van der Waals surface area (Å²) in [5.74, 6) is -2.71. The molecule has 0 spiro atoms. The summed E-state index contributed by atoms with van der Waals surface area (Å²) in [6.07, 6.45) is 3.33. The largest absolute Gasteiger partial charge is 0.373 e. The molecule has 1 saturated carbocycles. The van der Waals surface area contributed by atoms with E-state index in [2.05, 4.69) is 4.98 Å². The van der Waals surface area contributed by atoms with Crippen LogP contribution in [-0.2, 0) is 11.8 Å². The van der Waals surface area contributed by atoms with Crippen LogP contribution in [0, 0.1) is 13.8 Å². The molecule has 35 heavy (non-hydrogen) atoms. The van der Waals surface area contributed by atoms with Crippen LogP contribution in [0.25, 0.3) is 5.65 Å². The van der Waals surface area contributed by atoms with Gasteiger partial charge in [0.2, 0.25) is 11.5 Å². The normalized spacial score (nSPS) is 23.0. The quantitative estimate of drug-likeness (QED) is 0.553. The molecule has 2 fully saturated rings. The maximum absolute atomic E-state index is 13.9. The number of aromatic nitrogens is 4. The fraction of sp³-hybridized carbons (Fsp3) is 0.538. The van der Waals surface area contributed by atoms with Crippen molar-refractivity contribution < 1.29 is 13.5 Å². The van der Waals surface area contributed by atoms with Gasteiger partial charge in [-0.3, -0.25) is 9.59 Å². The van der Waals surface area contributed by atoms with E-state index >= 15 is 0 Å². The number of rotatable bonds is 3. The van der Waals surface area contributed by atoms with Crippen LogP contribution in [0.15, 0.2) is 34.0 Å². The van der Waals surface area contributed by atoms with Crippen LogP contribution in [0.2, 0.25) is 0 Å². The number of pyridine rings is 1. The Kier molecular flexibility index (Phi) is 6.07. The maximum Gasteiger partial charge on any atom is 0.277 e. The van der Waals surface area contributed by atoms with Gasteiger partial charge >= 0.3 is 0 Å². The fourth-order valence-corrected chi connectivity index (χ4v) is 5.30. The van der Waals surface area contributed by atoms with Crippen molar-refractivity contribution in [2.24, 2.45) is 7.05 Å². The first kappa shape index (κ1) is 23.8. The molecule has 1 aliphatic carbocycles. The molecule has 2 atom stereocenters. The highest BCUT2D eigenvalue weighted by Crippen LogP contribution is 2.43. The van der Waals surface area contributed by atoms with Crippen LogP contribution in [0.1, 0.15) is 84.5 Å². The Labute approximate surface area is 201 Å². The van der Waals surface area contributed by atoms with E-state index in [-0.39, 0.29) is 41.9 Å². The van der Waals surface area contributed by atoms with Crippen molar-refractivity contribution in [3.05, 3.63) is 73.2 Å². The van der Waals surface area contributed by atoms with Crippen molar-refractivity contribution in [1.82, 2.24) is 19.2 Å². The van der Waals surface area contributed by atoms with Gasteiger partial charge in [0, 0.05) is 61.5 Å². The molecule has 0 aromatic carbocycles. The summed E-state index contributed by atoms with van der Waals surface area (Å²) >= 11 is 0.